The summed E-state index contributed by atoms with van der Waals surface area (Å²) in [5.41, 5.74) is 5.11. The Bertz CT molecular complexity index is 1370. The Kier molecular flexibility index (Phi) is 4.98. The zero-order valence-corrected chi connectivity index (χ0v) is 17.9. The fourth-order valence-electron chi connectivity index (χ4n) is 3.29. The van der Waals surface area contributed by atoms with E-state index in [4.69, 9.17) is 4.98 Å². The molecule has 0 saturated carbocycles. The Morgan fingerprint density at radius 2 is 1.87 bits per heavy atom. The van der Waals surface area contributed by atoms with Crippen LogP contribution in [0, 0.1) is 6.92 Å². The molecule has 2 aromatic carbocycles. The molecular weight excluding hydrogens is 412 g/mol. The lowest BCUT2D eigenvalue weighted by Gasteiger charge is -2.12. The van der Waals surface area contributed by atoms with Crippen molar-refractivity contribution in [1.82, 2.24) is 18.9 Å². The SMILES string of the molecule is Cc1ccc(-n2c(-c3ccccc3)cnc2SCc2cc(=O)n3ccsc3n2)cc1. The molecule has 0 aliphatic rings. The molecule has 0 radical (unpaired) electrons. The summed E-state index contributed by atoms with van der Waals surface area (Å²) >= 11 is 3.04. The molecule has 5 aromatic rings. The molecule has 0 spiro atoms. The van der Waals surface area contributed by atoms with Gasteiger partial charge in [-0.2, -0.15) is 0 Å². The number of nitrogens with zero attached hydrogens (tertiary/aromatic N) is 4. The van der Waals surface area contributed by atoms with E-state index in [0.29, 0.717) is 10.7 Å². The minimum atomic E-state index is -0.0521. The molecule has 5 rings (SSSR count). The van der Waals surface area contributed by atoms with Crippen LogP contribution in [0.15, 0.2) is 88.4 Å². The third-order valence-corrected chi connectivity index (χ3v) is 6.54. The monoisotopic (exact) mass is 430 g/mol. The number of rotatable bonds is 5. The highest BCUT2D eigenvalue weighted by Gasteiger charge is 2.15. The van der Waals surface area contributed by atoms with E-state index in [1.165, 1.54) is 16.9 Å². The Morgan fingerprint density at radius 3 is 2.67 bits per heavy atom. The minimum Gasteiger partial charge on any atom is -0.287 e. The normalized spacial score (nSPS) is 11.2. The van der Waals surface area contributed by atoms with Crippen molar-refractivity contribution in [2.75, 3.05) is 0 Å². The van der Waals surface area contributed by atoms with Crippen molar-refractivity contribution in [2.24, 2.45) is 0 Å². The molecule has 0 unspecified atom stereocenters. The van der Waals surface area contributed by atoms with E-state index in [1.807, 2.05) is 29.8 Å². The van der Waals surface area contributed by atoms with E-state index in [0.717, 1.165) is 27.8 Å². The van der Waals surface area contributed by atoms with Crippen LogP contribution in [-0.2, 0) is 5.75 Å². The van der Waals surface area contributed by atoms with Crippen molar-refractivity contribution < 1.29 is 0 Å². The van der Waals surface area contributed by atoms with E-state index < -0.39 is 0 Å². The number of hydrogen-bond donors (Lipinski definition) is 0. The van der Waals surface area contributed by atoms with Crippen LogP contribution >= 0.6 is 23.1 Å². The van der Waals surface area contributed by atoms with Crippen molar-refractivity contribution in [2.45, 2.75) is 17.8 Å². The Labute approximate surface area is 181 Å². The number of aromatic nitrogens is 4. The van der Waals surface area contributed by atoms with Gasteiger partial charge in [0.15, 0.2) is 10.1 Å². The van der Waals surface area contributed by atoms with Crippen LogP contribution in [-0.4, -0.2) is 18.9 Å². The molecule has 0 fully saturated rings. The van der Waals surface area contributed by atoms with Gasteiger partial charge in [-0.25, -0.2) is 9.97 Å². The van der Waals surface area contributed by atoms with E-state index in [-0.39, 0.29) is 5.56 Å². The van der Waals surface area contributed by atoms with Gasteiger partial charge in [0.1, 0.15) is 0 Å². The Balaban J connectivity index is 1.53. The summed E-state index contributed by atoms with van der Waals surface area (Å²) in [4.78, 5) is 22.3. The highest BCUT2D eigenvalue weighted by Crippen LogP contribution is 2.31. The van der Waals surface area contributed by atoms with E-state index >= 15 is 0 Å². The van der Waals surface area contributed by atoms with Crippen LogP contribution in [0.3, 0.4) is 0 Å². The first-order valence-electron chi connectivity index (χ1n) is 9.48. The molecule has 3 aromatic heterocycles. The van der Waals surface area contributed by atoms with Crippen molar-refractivity contribution in [3.8, 4) is 16.9 Å². The van der Waals surface area contributed by atoms with Gasteiger partial charge >= 0.3 is 0 Å². The van der Waals surface area contributed by atoms with Crippen LogP contribution < -0.4 is 5.56 Å². The quantitative estimate of drug-likeness (QED) is 0.359. The second-order valence-corrected chi connectivity index (χ2v) is 8.71. The molecule has 0 saturated heterocycles. The predicted molar refractivity (Wildman–Crippen MR) is 123 cm³/mol. The largest absolute Gasteiger partial charge is 0.287 e. The molecule has 0 amide bonds. The van der Waals surface area contributed by atoms with Gasteiger partial charge in [-0.3, -0.25) is 13.8 Å². The summed E-state index contributed by atoms with van der Waals surface area (Å²) in [5.74, 6) is 0.570. The molecule has 30 heavy (non-hydrogen) atoms. The molecule has 148 valence electrons. The highest BCUT2D eigenvalue weighted by atomic mass is 32.2. The average Bonchev–Trinajstić information content (AvgIpc) is 3.41. The molecular formula is C23H18N4OS2. The van der Waals surface area contributed by atoms with Gasteiger partial charge < -0.3 is 0 Å². The number of thiazole rings is 1. The number of fused-ring (bicyclic) bond motifs is 1. The summed E-state index contributed by atoms with van der Waals surface area (Å²) in [6, 6.07) is 20.3. The summed E-state index contributed by atoms with van der Waals surface area (Å²) in [6.45, 7) is 2.08. The number of hydrogen-bond acceptors (Lipinski definition) is 5. The van der Waals surface area contributed by atoms with E-state index in [1.54, 1.807) is 28.4 Å². The molecule has 0 bridgehead atoms. The second kappa shape index (κ2) is 7.93. The Morgan fingerprint density at radius 1 is 1.07 bits per heavy atom. The number of imidazole rings is 1. The van der Waals surface area contributed by atoms with Crippen LogP contribution in [0.1, 0.15) is 11.3 Å². The predicted octanol–water partition coefficient (Wildman–Crippen LogP) is 5.21. The Hall–Kier alpha value is -3.16. The third-order valence-electron chi connectivity index (χ3n) is 4.80. The van der Waals surface area contributed by atoms with Crippen molar-refractivity contribution in [3.63, 3.8) is 0 Å². The lowest BCUT2D eigenvalue weighted by Crippen LogP contribution is -2.12. The molecule has 0 atom stereocenters. The molecule has 0 aliphatic heterocycles. The lowest BCUT2D eigenvalue weighted by molar-refractivity contribution is 0.898. The smallest absolute Gasteiger partial charge is 0.258 e. The molecule has 5 nitrogen and oxygen atoms in total. The van der Waals surface area contributed by atoms with Gasteiger partial charge in [0.25, 0.3) is 5.56 Å². The first kappa shape index (κ1) is 18.8. The summed E-state index contributed by atoms with van der Waals surface area (Å²) in [6.07, 6.45) is 3.66. The molecule has 0 aliphatic carbocycles. The fraction of sp³-hybridized carbons (Fsp3) is 0.0870. The summed E-state index contributed by atoms with van der Waals surface area (Å²) in [5, 5.41) is 2.74. The van der Waals surface area contributed by atoms with Crippen LogP contribution in [0.2, 0.25) is 0 Å². The zero-order chi connectivity index (χ0) is 20.5. The lowest BCUT2D eigenvalue weighted by atomic mass is 10.1. The topological polar surface area (TPSA) is 52.2 Å². The van der Waals surface area contributed by atoms with Gasteiger partial charge in [0, 0.05) is 34.6 Å². The summed E-state index contributed by atoms with van der Waals surface area (Å²) in [7, 11) is 0. The summed E-state index contributed by atoms with van der Waals surface area (Å²) < 4.78 is 3.73. The standard InChI is InChI=1S/C23H18N4OS2/c1-16-7-9-19(10-8-16)27-20(17-5-3-2-4-6-17)14-24-22(27)30-15-18-13-21(28)26-11-12-29-23(26)25-18/h2-14H,15H2,1H3. The van der Waals surface area contributed by atoms with Gasteiger partial charge in [0.2, 0.25) is 0 Å². The third kappa shape index (κ3) is 3.58. The average molecular weight is 431 g/mol. The fourth-order valence-corrected chi connectivity index (χ4v) is 4.92. The van der Waals surface area contributed by atoms with Crippen LogP contribution in [0.4, 0.5) is 0 Å². The minimum absolute atomic E-state index is 0.0521. The van der Waals surface area contributed by atoms with Gasteiger partial charge in [0.05, 0.1) is 17.6 Å². The molecule has 0 N–H and O–H groups in total. The number of benzene rings is 2. The van der Waals surface area contributed by atoms with E-state index in [9.17, 15) is 4.79 Å². The van der Waals surface area contributed by atoms with Crippen molar-refractivity contribution >= 4 is 28.1 Å². The van der Waals surface area contributed by atoms with Crippen LogP contribution in [0.25, 0.3) is 21.9 Å². The maximum absolute atomic E-state index is 12.3. The van der Waals surface area contributed by atoms with Gasteiger partial charge in [-0.1, -0.05) is 59.8 Å². The van der Waals surface area contributed by atoms with Gasteiger partial charge in [-0.15, -0.1) is 11.3 Å². The van der Waals surface area contributed by atoms with Crippen LogP contribution in [0.5, 0.6) is 0 Å². The van der Waals surface area contributed by atoms with Crippen molar-refractivity contribution in [3.05, 3.63) is 100 Å². The number of thioether (sulfide) groups is 1. The molecule has 7 heteroatoms. The number of aryl methyl sites for hydroxylation is 1. The maximum atomic E-state index is 12.3. The molecule has 3 heterocycles. The first-order valence-corrected chi connectivity index (χ1v) is 11.3. The maximum Gasteiger partial charge on any atom is 0.258 e. The highest BCUT2D eigenvalue weighted by molar-refractivity contribution is 7.98. The van der Waals surface area contributed by atoms with Gasteiger partial charge in [-0.05, 0) is 19.1 Å². The van der Waals surface area contributed by atoms with E-state index in [2.05, 4.69) is 52.9 Å². The zero-order valence-electron chi connectivity index (χ0n) is 16.2. The first-order chi connectivity index (χ1) is 14.7. The van der Waals surface area contributed by atoms with Crippen molar-refractivity contribution in [1.29, 1.82) is 0 Å². The second-order valence-electron chi connectivity index (χ2n) is 6.89.